The van der Waals surface area contributed by atoms with Crippen molar-refractivity contribution in [1.82, 2.24) is 9.97 Å². The molecule has 0 bridgehead atoms. The Morgan fingerprint density at radius 1 is 1.36 bits per heavy atom. The van der Waals surface area contributed by atoms with Crippen molar-refractivity contribution in [2.45, 2.75) is 19.8 Å². The van der Waals surface area contributed by atoms with Gasteiger partial charge in [-0.25, -0.2) is 9.37 Å². The summed E-state index contributed by atoms with van der Waals surface area (Å²) < 4.78 is 19.3. The predicted octanol–water partition coefficient (Wildman–Crippen LogP) is 3.92. The number of hydrogen-bond donors (Lipinski definition) is 1. The molecule has 0 radical (unpaired) electrons. The van der Waals surface area contributed by atoms with Crippen LogP contribution in [0, 0.1) is 5.82 Å². The molecule has 4 nitrogen and oxygen atoms in total. The first kappa shape index (κ1) is 14.7. The topological polar surface area (TPSA) is 55.0 Å². The second kappa shape index (κ2) is 5.53. The molecule has 114 valence electrons. The molecule has 3 rings (SSSR count). The molecule has 1 N–H and O–H groups in total. The summed E-state index contributed by atoms with van der Waals surface area (Å²) in [5, 5.41) is 2.91. The number of hydrogen-bond acceptors (Lipinski definition) is 4. The number of benzene rings is 1. The molecule has 0 unspecified atom stereocenters. The molecule has 0 aliphatic carbocycles. The first-order valence-corrected chi connectivity index (χ1v) is 7.74. The summed E-state index contributed by atoms with van der Waals surface area (Å²) in [5.41, 5.74) is 1.36. The van der Waals surface area contributed by atoms with Crippen molar-refractivity contribution < 1.29 is 9.13 Å². The Bertz CT molecular complexity index is 899. The van der Waals surface area contributed by atoms with Crippen molar-refractivity contribution in [3.05, 3.63) is 45.3 Å². The van der Waals surface area contributed by atoms with Gasteiger partial charge in [0.05, 0.1) is 24.0 Å². The quantitative estimate of drug-likeness (QED) is 0.796. The molecular weight excluding hydrogens is 303 g/mol. The van der Waals surface area contributed by atoms with E-state index in [0.717, 1.165) is 5.69 Å². The molecule has 0 atom stereocenters. The Morgan fingerprint density at radius 3 is 2.77 bits per heavy atom. The number of halogens is 1. The highest BCUT2D eigenvalue weighted by Crippen LogP contribution is 2.28. The second-order valence-corrected chi connectivity index (χ2v) is 6.14. The van der Waals surface area contributed by atoms with Crippen LogP contribution in [0.2, 0.25) is 0 Å². The fraction of sp³-hybridized carbons (Fsp3) is 0.250. The number of rotatable bonds is 3. The molecule has 0 fully saturated rings. The van der Waals surface area contributed by atoms with Crippen molar-refractivity contribution in [3.8, 4) is 16.5 Å². The summed E-state index contributed by atoms with van der Waals surface area (Å²) in [6.07, 6.45) is 0. The molecule has 6 heteroatoms. The molecule has 0 saturated heterocycles. The van der Waals surface area contributed by atoms with Gasteiger partial charge in [0.25, 0.3) is 0 Å². The number of aromatic amines is 1. The number of nitrogens with zero attached hydrogens (tertiary/aromatic N) is 1. The number of nitrogens with one attached hydrogen (secondary N) is 1. The Labute approximate surface area is 130 Å². The third kappa shape index (κ3) is 2.39. The first-order chi connectivity index (χ1) is 10.5. The highest BCUT2D eigenvalue weighted by Gasteiger charge is 2.14. The van der Waals surface area contributed by atoms with Crippen LogP contribution in [0.4, 0.5) is 4.39 Å². The number of pyridine rings is 1. The van der Waals surface area contributed by atoms with E-state index in [1.165, 1.54) is 30.6 Å². The van der Waals surface area contributed by atoms with Gasteiger partial charge in [0.2, 0.25) is 0 Å². The van der Waals surface area contributed by atoms with Crippen LogP contribution in [0.25, 0.3) is 21.6 Å². The van der Waals surface area contributed by atoms with Gasteiger partial charge >= 0.3 is 0 Å². The summed E-state index contributed by atoms with van der Waals surface area (Å²) in [6.45, 7) is 4.10. The van der Waals surface area contributed by atoms with Gasteiger partial charge in [-0.3, -0.25) is 4.79 Å². The average Bonchev–Trinajstić information content (AvgIpc) is 2.98. The van der Waals surface area contributed by atoms with E-state index >= 15 is 0 Å². The van der Waals surface area contributed by atoms with Crippen molar-refractivity contribution in [3.63, 3.8) is 0 Å². The largest absolute Gasteiger partial charge is 0.494 e. The first-order valence-electron chi connectivity index (χ1n) is 6.86. The lowest BCUT2D eigenvalue weighted by Crippen LogP contribution is -2.05. The maximum Gasteiger partial charge on any atom is 0.190 e. The Hall–Kier alpha value is -2.21. The fourth-order valence-electron chi connectivity index (χ4n) is 2.21. The SMILES string of the molecule is COc1ccc2c(=O)cc(-c3nc(C(C)C)cs3)[nH]c2c1F. The van der Waals surface area contributed by atoms with Crippen molar-refractivity contribution in [1.29, 1.82) is 0 Å². The summed E-state index contributed by atoms with van der Waals surface area (Å²) in [7, 11) is 1.39. The molecule has 3 aromatic rings. The molecule has 0 saturated carbocycles. The van der Waals surface area contributed by atoms with E-state index in [-0.39, 0.29) is 16.7 Å². The zero-order valence-corrected chi connectivity index (χ0v) is 13.3. The van der Waals surface area contributed by atoms with Crippen LogP contribution in [0.15, 0.2) is 28.4 Å². The molecule has 2 aromatic heterocycles. The maximum atomic E-state index is 14.4. The zero-order valence-electron chi connectivity index (χ0n) is 12.4. The standard InChI is InChI=1S/C16H15FN2O2S/c1-8(2)11-7-22-16(19-11)10-6-12(20)9-4-5-13(21-3)14(17)15(9)18-10/h4-8H,1-3H3,(H,18,20). The lowest BCUT2D eigenvalue weighted by atomic mass is 10.1. The number of H-pyrrole nitrogens is 1. The van der Waals surface area contributed by atoms with Gasteiger partial charge in [-0.15, -0.1) is 11.3 Å². The summed E-state index contributed by atoms with van der Waals surface area (Å²) in [6, 6.07) is 4.46. The summed E-state index contributed by atoms with van der Waals surface area (Å²) in [4.78, 5) is 19.7. The van der Waals surface area contributed by atoms with Crippen LogP contribution in [-0.2, 0) is 0 Å². The van der Waals surface area contributed by atoms with Crippen LogP contribution in [0.1, 0.15) is 25.5 Å². The minimum Gasteiger partial charge on any atom is -0.494 e. The molecule has 0 amide bonds. The molecule has 2 heterocycles. The van der Waals surface area contributed by atoms with Gasteiger partial charge in [-0.1, -0.05) is 13.8 Å². The van der Waals surface area contributed by atoms with E-state index in [9.17, 15) is 9.18 Å². The number of fused-ring (bicyclic) bond motifs is 1. The molecule has 0 aliphatic heterocycles. The smallest absolute Gasteiger partial charge is 0.190 e. The van der Waals surface area contributed by atoms with Crippen LogP contribution < -0.4 is 10.2 Å². The Morgan fingerprint density at radius 2 is 2.14 bits per heavy atom. The Balaban J connectivity index is 2.22. The van der Waals surface area contributed by atoms with Crippen LogP contribution in [0.3, 0.4) is 0 Å². The maximum absolute atomic E-state index is 14.4. The summed E-state index contributed by atoms with van der Waals surface area (Å²) in [5.74, 6) is -0.170. The predicted molar refractivity (Wildman–Crippen MR) is 86.3 cm³/mol. The van der Waals surface area contributed by atoms with E-state index in [4.69, 9.17) is 4.74 Å². The minimum atomic E-state index is -0.570. The van der Waals surface area contributed by atoms with E-state index in [0.29, 0.717) is 22.0 Å². The lowest BCUT2D eigenvalue weighted by Gasteiger charge is -2.06. The molecule has 0 spiro atoms. The van der Waals surface area contributed by atoms with Gasteiger partial charge in [0.1, 0.15) is 5.01 Å². The lowest BCUT2D eigenvalue weighted by molar-refractivity contribution is 0.388. The third-order valence-electron chi connectivity index (χ3n) is 3.47. The molecule has 1 aromatic carbocycles. The van der Waals surface area contributed by atoms with E-state index in [2.05, 4.69) is 9.97 Å². The second-order valence-electron chi connectivity index (χ2n) is 5.28. The number of ether oxygens (including phenoxy) is 1. The van der Waals surface area contributed by atoms with Gasteiger partial charge in [0, 0.05) is 16.8 Å². The molecule has 22 heavy (non-hydrogen) atoms. The van der Waals surface area contributed by atoms with E-state index in [1.807, 2.05) is 19.2 Å². The normalized spacial score (nSPS) is 11.3. The number of methoxy groups -OCH3 is 1. The molecule has 0 aliphatic rings. The van der Waals surface area contributed by atoms with Crippen LogP contribution in [-0.4, -0.2) is 17.1 Å². The van der Waals surface area contributed by atoms with Crippen LogP contribution in [0.5, 0.6) is 5.75 Å². The van der Waals surface area contributed by atoms with Crippen LogP contribution >= 0.6 is 11.3 Å². The Kier molecular flexibility index (Phi) is 3.70. The monoisotopic (exact) mass is 318 g/mol. The third-order valence-corrected chi connectivity index (χ3v) is 4.36. The van der Waals surface area contributed by atoms with Crippen molar-refractivity contribution in [2.75, 3.05) is 7.11 Å². The van der Waals surface area contributed by atoms with Gasteiger partial charge in [-0.05, 0) is 18.1 Å². The highest BCUT2D eigenvalue weighted by atomic mass is 32.1. The fourth-order valence-corrected chi connectivity index (χ4v) is 3.16. The van der Waals surface area contributed by atoms with Gasteiger partial charge in [-0.2, -0.15) is 0 Å². The minimum absolute atomic E-state index is 0.0994. The average molecular weight is 318 g/mol. The number of thiazole rings is 1. The van der Waals surface area contributed by atoms with Gasteiger partial charge < -0.3 is 9.72 Å². The van der Waals surface area contributed by atoms with Gasteiger partial charge in [0.15, 0.2) is 17.0 Å². The molecular formula is C16H15FN2O2S. The van der Waals surface area contributed by atoms with E-state index in [1.54, 1.807) is 6.07 Å². The summed E-state index contributed by atoms with van der Waals surface area (Å²) >= 11 is 1.43. The highest BCUT2D eigenvalue weighted by molar-refractivity contribution is 7.13. The zero-order chi connectivity index (χ0) is 15.9. The van der Waals surface area contributed by atoms with E-state index < -0.39 is 5.82 Å². The number of aromatic nitrogens is 2. The van der Waals surface area contributed by atoms with Crippen molar-refractivity contribution >= 4 is 22.2 Å². The van der Waals surface area contributed by atoms with Crippen molar-refractivity contribution in [2.24, 2.45) is 0 Å².